The van der Waals surface area contributed by atoms with Crippen molar-refractivity contribution in [2.45, 2.75) is 58.4 Å². The summed E-state index contributed by atoms with van der Waals surface area (Å²) in [7, 11) is 0. The van der Waals surface area contributed by atoms with Gasteiger partial charge in [0, 0.05) is 12.5 Å². The lowest BCUT2D eigenvalue weighted by molar-refractivity contribution is -0.143. The highest BCUT2D eigenvalue weighted by Gasteiger charge is 2.29. The highest BCUT2D eigenvalue weighted by molar-refractivity contribution is 6.83. The molecule has 0 aromatic heterocycles. The fourth-order valence-corrected chi connectivity index (χ4v) is 2.06. The van der Waals surface area contributed by atoms with Crippen LogP contribution in [0.1, 0.15) is 46.0 Å². The largest absolute Gasteiger partial charge is 0.465 e. The Morgan fingerprint density at radius 3 is 1.64 bits per heavy atom. The number of carbonyl (C=O) groups excluding carboxylic acids is 2. The standard InChI is InChI=1S/C8H12Cl4O2.C7H12O2.CCl4/c1-2-3-4-14-7(13)6(9)5-8(10,11)12;1-3-5-6-9-7(8)4-2;2-1(3,4)5/h6H,2-5H2,1H3;4H,2-3,5-6H2,1H3;. The minimum Gasteiger partial charge on any atom is -0.465 e. The summed E-state index contributed by atoms with van der Waals surface area (Å²) in [6, 6.07) is 0. The Morgan fingerprint density at radius 1 is 0.929 bits per heavy atom. The quantitative estimate of drug-likeness (QED) is 0.124. The van der Waals surface area contributed by atoms with Crippen molar-refractivity contribution in [2.24, 2.45) is 0 Å². The molecule has 0 aliphatic heterocycles. The lowest BCUT2D eigenvalue weighted by atomic mass is 10.3. The molecular weight excluding hydrogens is 540 g/mol. The van der Waals surface area contributed by atoms with E-state index in [-0.39, 0.29) is 12.4 Å². The molecule has 0 aromatic carbocycles. The van der Waals surface area contributed by atoms with Crippen LogP contribution in [0.25, 0.3) is 0 Å². The zero-order valence-corrected chi connectivity index (χ0v) is 21.5. The highest BCUT2D eigenvalue weighted by atomic mass is 35.6. The van der Waals surface area contributed by atoms with E-state index in [1.807, 2.05) is 13.8 Å². The van der Waals surface area contributed by atoms with Gasteiger partial charge in [-0.1, -0.05) is 114 Å². The van der Waals surface area contributed by atoms with Gasteiger partial charge in [0.25, 0.3) is 3.25 Å². The van der Waals surface area contributed by atoms with Gasteiger partial charge in [-0.25, -0.2) is 4.79 Å². The number of rotatable bonds is 9. The maximum Gasteiger partial charge on any atom is 0.330 e. The summed E-state index contributed by atoms with van der Waals surface area (Å²) in [5.74, 6) is -0.866. The molecule has 1 atom stereocenters. The minimum atomic E-state index is -1.61. The van der Waals surface area contributed by atoms with E-state index in [0.717, 1.165) is 25.7 Å². The Bertz CT molecular complexity index is 416. The van der Waals surface area contributed by atoms with Gasteiger partial charge < -0.3 is 9.47 Å². The molecule has 0 heterocycles. The number of alkyl halides is 8. The lowest BCUT2D eigenvalue weighted by Gasteiger charge is -2.14. The van der Waals surface area contributed by atoms with Gasteiger partial charge >= 0.3 is 11.9 Å². The molecule has 12 heteroatoms. The zero-order valence-electron chi connectivity index (χ0n) is 15.5. The van der Waals surface area contributed by atoms with Crippen molar-refractivity contribution in [1.29, 1.82) is 0 Å². The number of hydrogen-bond donors (Lipinski definition) is 0. The van der Waals surface area contributed by atoms with Crippen molar-refractivity contribution in [1.82, 2.24) is 0 Å². The van der Waals surface area contributed by atoms with Crippen LogP contribution in [0.2, 0.25) is 0 Å². The second-order valence-electron chi connectivity index (χ2n) is 4.96. The molecule has 0 spiro atoms. The topological polar surface area (TPSA) is 52.6 Å². The molecule has 0 aromatic rings. The normalized spacial score (nSPS) is 11.8. The smallest absolute Gasteiger partial charge is 0.330 e. The number of halogens is 8. The van der Waals surface area contributed by atoms with Crippen LogP contribution in [0.4, 0.5) is 0 Å². The first-order valence-corrected chi connectivity index (χ1v) is 11.2. The van der Waals surface area contributed by atoms with Crippen LogP contribution >= 0.6 is 92.8 Å². The van der Waals surface area contributed by atoms with Gasteiger partial charge in [0.1, 0.15) is 5.38 Å². The molecule has 0 aliphatic carbocycles. The number of ether oxygens (including phenoxy) is 2. The van der Waals surface area contributed by atoms with E-state index in [4.69, 9.17) is 97.5 Å². The van der Waals surface area contributed by atoms with Gasteiger partial charge in [-0.2, -0.15) is 0 Å². The van der Waals surface area contributed by atoms with Crippen LogP contribution in [0.15, 0.2) is 12.7 Å². The second kappa shape index (κ2) is 19.9. The maximum absolute atomic E-state index is 11.2. The van der Waals surface area contributed by atoms with Crippen LogP contribution in [-0.4, -0.2) is 37.6 Å². The summed E-state index contributed by atoms with van der Waals surface area (Å²) >= 11 is 41.4. The molecule has 0 N–H and O–H groups in total. The molecule has 0 aliphatic rings. The van der Waals surface area contributed by atoms with E-state index >= 15 is 0 Å². The van der Waals surface area contributed by atoms with E-state index in [9.17, 15) is 9.59 Å². The van der Waals surface area contributed by atoms with Gasteiger partial charge in [-0.3, -0.25) is 4.79 Å². The maximum atomic E-state index is 11.2. The summed E-state index contributed by atoms with van der Waals surface area (Å²) in [5.41, 5.74) is 0. The summed E-state index contributed by atoms with van der Waals surface area (Å²) in [5, 5.41) is -0.903. The monoisotopic (exact) mass is 560 g/mol. The third-order valence-electron chi connectivity index (χ3n) is 2.32. The first kappa shape index (κ1) is 33.6. The van der Waals surface area contributed by atoms with E-state index in [1.54, 1.807) is 0 Å². The summed E-state index contributed by atoms with van der Waals surface area (Å²) < 4.78 is 6.39. The van der Waals surface area contributed by atoms with Crippen molar-refractivity contribution in [2.75, 3.05) is 13.2 Å². The first-order valence-electron chi connectivity index (χ1n) is 8.10. The van der Waals surface area contributed by atoms with Crippen molar-refractivity contribution >= 4 is 105 Å². The van der Waals surface area contributed by atoms with Gasteiger partial charge in [0.15, 0.2) is 3.79 Å². The molecule has 0 amide bonds. The molecular formula is C16H24Cl8O4. The van der Waals surface area contributed by atoms with E-state index in [1.165, 1.54) is 6.08 Å². The predicted molar refractivity (Wildman–Crippen MR) is 123 cm³/mol. The van der Waals surface area contributed by atoms with E-state index in [2.05, 4.69) is 11.3 Å². The van der Waals surface area contributed by atoms with Crippen LogP contribution in [0.5, 0.6) is 0 Å². The van der Waals surface area contributed by atoms with Gasteiger partial charge in [-0.05, 0) is 12.8 Å². The van der Waals surface area contributed by atoms with Gasteiger partial charge in [0.2, 0.25) is 0 Å². The van der Waals surface area contributed by atoms with E-state index < -0.39 is 18.4 Å². The summed E-state index contributed by atoms with van der Waals surface area (Å²) in [6.45, 7) is 8.18. The minimum absolute atomic E-state index is 0.0514. The molecule has 0 radical (unpaired) electrons. The van der Waals surface area contributed by atoms with Gasteiger partial charge in [-0.15, -0.1) is 11.6 Å². The van der Waals surface area contributed by atoms with Crippen molar-refractivity contribution in [3.8, 4) is 0 Å². The molecule has 0 fully saturated rings. The average molecular weight is 564 g/mol. The number of unbranched alkanes of at least 4 members (excludes halogenated alkanes) is 2. The zero-order chi connectivity index (χ0) is 22.8. The third-order valence-corrected chi connectivity index (χ3v) is 3.11. The Kier molecular flexibility index (Phi) is 23.9. The Morgan fingerprint density at radius 2 is 1.32 bits per heavy atom. The Hall–Kier alpha value is 1.00. The highest BCUT2D eigenvalue weighted by Crippen LogP contribution is 2.33. The van der Waals surface area contributed by atoms with Crippen LogP contribution < -0.4 is 0 Å². The average Bonchev–Trinajstić information content (AvgIpc) is 2.52. The van der Waals surface area contributed by atoms with Crippen LogP contribution in [-0.2, 0) is 19.1 Å². The van der Waals surface area contributed by atoms with E-state index in [0.29, 0.717) is 13.2 Å². The number of esters is 2. The number of hydrogen-bond acceptors (Lipinski definition) is 4. The van der Waals surface area contributed by atoms with Gasteiger partial charge in [0.05, 0.1) is 13.2 Å². The fourth-order valence-electron chi connectivity index (χ4n) is 1.07. The molecule has 168 valence electrons. The molecule has 0 saturated heterocycles. The Labute approximate surface area is 207 Å². The van der Waals surface area contributed by atoms with Crippen molar-refractivity contribution in [3.05, 3.63) is 12.7 Å². The number of carbonyl (C=O) groups is 2. The van der Waals surface area contributed by atoms with Crippen molar-refractivity contribution < 1.29 is 19.1 Å². The molecule has 0 bridgehead atoms. The molecule has 0 saturated carbocycles. The van der Waals surface area contributed by atoms with Crippen LogP contribution in [0, 0.1) is 0 Å². The Balaban J connectivity index is -0.000000381. The molecule has 0 rings (SSSR count). The fraction of sp³-hybridized carbons (Fsp3) is 0.750. The first-order chi connectivity index (χ1) is 12.7. The van der Waals surface area contributed by atoms with Crippen LogP contribution in [0.3, 0.4) is 0 Å². The lowest BCUT2D eigenvalue weighted by Crippen LogP contribution is -2.23. The SMILES string of the molecule is C=CC(=O)OCCCC.CCCCOC(=O)C(Cl)CC(Cl)(Cl)Cl.ClC(Cl)(Cl)Cl. The third kappa shape index (κ3) is 37.7. The second-order valence-corrected chi connectivity index (χ2v) is 11.4. The predicted octanol–water partition coefficient (Wildman–Crippen LogP) is 7.77. The molecule has 28 heavy (non-hydrogen) atoms. The summed E-state index contributed by atoms with van der Waals surface area (Å²) in [6.07, 6.45) is 4.86. The molecule has 1 unspecified atom stereocenters. The van der Waals surface area contributed by atoms with Crippen molar-refractivity contribution in [3.63, 3.8) is 0 Å². The summed E-state index contributed by atoms with van der Waals surface area (Å²) in [4.78, 5) is 21.5. The molecule has 4 nitrogen and oxygen atoms in total.